The van der Waals surface area contributed by atoms with Gasteiger partial charge in [-0.3, -0.25) is 4.90 Å². The third-order valence-corrected chi connectivity index (χ3v) is 8.36. The normalized spacial score (nSPS) is 28.3. The van der Waals surface area contributed by atoms with E-state index >= 15 is 0 Å². The van der Waals surface area contributed by atoms with Gasteiger partial charge in [-0.1, -0.05) is 24.1 Å². The number of benzene rings is 2. The molecule has 0 radical (unpaired) electrons. The predicted octanol–water partition coefficient (Wildman–Crippen LogP) is 4.61. The molecule has 2 aromatic rings. The summed E-state index contributed by atoms with van der Waals surface area (Å²) in [5, 5.41) is 23.5. The fourth-order valence-corrected chi connectivity index (χ4v) is 6.58. The molecule has 1 heterocycles. The molecule has 1 aliphatic heterocycles. The first kappa shape index (κ1) is 24.5. The summed E-state index contributed by atoms with van der Waals surface area (Å²) >= 11 is 5.67. The van der Waals surface area contributed by atoms with E-state index in [2.05, 4.69) is 46.5 Å². The van der Waals surface area contributed by atoms with Gasteiger partial charge in [-0.25, -0.2) is 0 Å². The molecule has 6 heteroatoms. The van der Waals surface area contributed by atoms with Crippen LogP contribution in [0.2, 0.25) is 0 Å². The first-order valence-corrected chi connectivity index (χ1v) is 13.1. The molecule has 35 heavy (non-hydrogen) atoms. The molecule has 5 rings (SSSR count). The number of halogens is 1. The van der Waals surface area contributed by atoms with Gasteiger partial charge in [0.2, 0.25) is 0 Å². The van der Waals surface area contributed by atoms with Crippen molar-refractivity contribution in [1.29, 1.82) is 0 Å². The second-order valence-corrected chi connectivity index (χ2v) is 10.5. The molecule has 3 atom stereocenters. The van der Waals surface area contributed by atoms with Gasteiger partial charge < -0.3 is 19.7 Å². The van der Waals surface area contributed by atoms with E-state index in [0.29, 0.717) is 25.2 Å². The molecule has 2 N–H and O–H groups in total. The number of hydrogen-bond acceptors (Lipinski definition) is 5. The summed E-state index contributed by atoms with van der Waals surface area (Å²) in [6.45, 7) is 5.11. The lowest BCUT2D eigenvalue weighted by Crippen LogP contribution is -2.50. The maximum Gasteiger partial charge on any atom is 0.127 e. The standard InChI is InChI=1S/C29H34ClNO4/c30-13-11-28(33)9-10-29(24(20-28)4-3-23-19-25(32)5-8-27(23)29)12-16-35-26-6-1-22(2-7-26)21-31-14-17-34-18-15-31/h1-2,5-8,19,24,32-33H,3-4,9-10,12,14-18,20-21H2/t24-,28+,29+/m1/s1. The second-order valence-electron chi connectivity index (χ2n) is 10.3. The Morgan fingerprint density at radius 3 is 2.69 bits per heavy atom. The average Bonchev–Trinajstić information content (AvgIpc) is 2.86. The maximum absolute atomic E-state index is 11.0. The predicted molar refractivity (Wildman–Crippen MR) is 137 cm³/mol. The molecule has 3 aliphatic rings. The van der Waals surface area contributed by atoms with Crippen molar-refractivity contribution in [3.8, 4) is 22.8 Å². The number of rotatable bonds is 6. The number of aromatic hydroxyl groups is 1. The fraction of sp³-hybridized carbons (Fsp3) is 0.517. The van der Waals surface area contributed by atoms with Gasteiger partial charge in [0.25, 0.3) is 0 Å². The van der Waals surface area contributed by atoms with Crippen molar-refractivity contribution in [2.24, 2.45) is 5.92 Å². The second kappa shape index (κ2) is 10.4. The van der Waals surface area contributed by atoms with Crippen molar-refractivity contribution in [2.45, 2.75) is 56.1 Å². The smallest absolute Gasteiger partial charge is 0.127 e. The molecular weight excluding hydrogens is 462 g/mol. The van der Waals surface area contributed by atoms with E-state index in [0.717, 1.165) is 64.3 Å². The van der Waals surface area contributed by atoms with Crippen LogP contribution >= 0.6 is 11.6 Å². The van der Waals surface area contributed by atoms with Crippen molar-refractivity contribution in [3.05, 3.63) is 59.2 Å². The number of aliphatic hydroxyl groups is 1. The van der Waals surface area contributed by atoms with Crippen LogP contribution in [-0.2, 0) is 23.1 Å². The summed E-state index contributed by atoms with van der Waals surface area (Å²) < 4.78 is 11.7. The number of aryl methyl sites for hydroxylation is 1. The van der Waals surface area contributed by atoms with Gasteiger partial charge in [-0.2, -0.15) is 0 Å². The van der Waals surface area contributed by atoms with Crippen LogP contribution in [-0.4, -0.2) is 53.6 Å². The van der Waals surface area contributed by atoms with E-state index in [9.17, 15) is 10.2 Å². The zero-order valence-corrected chi connectivity index (χ0v) is 20.9. The minimum absolute atomic E-state index is 0.0994. The molecule has 0 bridgehead atoms. The van der Waals surface area contributed by atoms with Crippen LogP contribution in [0.4, 0.5) is 0 Å². The number of morpholine rings is 1. The molecule has 186 valence electrons. The number of phenolic OH excluding ortho intramolecular Hbond substituents is 1. The van der Waals surface area contributed by atoms with Gasteiger partial charge in [0.1, 0.15) is 17.1 Å². The summed E-state index contributed by atoms with van der Waals surface area (Å²) in [6, 6.07) is 14.2. The van der Waals surface area contributed by atoms with Crippen LogP contribution in [0.3, 0.4) is 0 Å². The Kier molecular flexibility index (Phi) is 7.27. The Morgan fingerprint density at radius 1 is 1.11 bits per heavy atom. The first-order chi connectivity index (χ1) is 17.0. The third kappa shape index (κ3) is 5.32. The highest BCUT2D eigenvalue weighted by Gasteiger charge is 2.51. The van der Waals surface area contributed by atoms with Crippen molar-refractivity contribution >= 4 is 11.6 Å². The Labute approximate surface area is 213 Å². The molecule has 5 nitrogen and oxygen atoms in total. The summed E-state index contributed by atoms with van der Waals surface area (Å²) in [4.78, 5) is 2.41. The SMILES string of the molecule is Oc1ccc2c(c1)CC[C@@H]1C[C@@](O)(C#CCl)CC[C@@]21CCOc1ccc(CN2CCOCC2)cc1. The van der Waals surface area contributed by atoms with Crippen molar-refractivity contribution in [1.82, 2.24) is 4.90 Å². The number of nitrogens with zero attached hydrogens (tertiary/aromatic N) is 1. The topological polar surface area (TPSA) is 62.2 Å². The lowest BCUT2D eigenvalue weighted by atomic mass is 9.53. The van der Waals surface area contributed by atoms with Gasteiger partial charge in [0.05, 0.1) is 19.8 Å². The molecule has 0 spiro atoms. The highest BCUT2D eigenvalue weighted by molar-refractivity contribution is 6.30. The summed E-state index contributed by atoms with van der Waals surface area (Å²) in [7, 11) is 0. The molecule has 1 saturated heterocycles. The van der Waals surface area contributed by atoms with Crippen LogP contribution in [0.15, 0.2) is 42.5 Å². The minimum Gasteiger partial charge on any atom is -0.508 e. The molecule has 0 aromatic heterocycles. The number of phenols is 1. The maximum atomic E-state index is 11.0. The number of hydrogen-bond donors (Lipinski definition) is 2. The number of ether oxygens (including phenoxy) is 2. The van der Waals surface area contributed by atoms with E-state index in [1.807, 2.05) is 6.07 Å². The average molecular weight is 496 g/mol. The van der Waals surface area contributed by atoms with Crippen molar-refractivity contribution < 1.29 is 19.7 Å². The molecule has 2 aliphatic carbocycles. The van der Waals surface area contributed by atoms with Gasteiger partial charge in [-0.15, -0.1) is 0 Å². The number of fused-ring (bicyclic) bond motifs is 3. The van der Waals surface area contributed by atoms with Crippen LogP contribution in [0.25, 0.3) is 0 Å². The Hall–Kier alpha value is -2.23. The Morgan fingerprint density at radius 2 is 1.91 bits per heavy atom. The van der Waals surface area contributed by atoms with Crippen molar-refractivity contribution in [3.63, 3.8) is 0 Å². The quantitative estimate of drug-likeness (QED) is 0.573. The van der Waals surface area contributed by atoms with E-state index in [1.165, 1.54) is 16.7 Å². The van der Waals surface area contributed by atoms with Crippen LogP contribution in [0, 0.1) is 17.2 Å². The lowest BCUT2D eigenvalue weighted by Gasteiger charge is -2.52. The molecule has 0 amide bonds. The fourth-order valence-electron chi connectivity index (χ4n) is 6.40. The summed E-state index contributed by atoms with van der Waals surface area (Å²) in [6.07, 6.45) is 4.72. The van der Waals surface area contributed by atoms with E-state index in [1.54, 1.807) is 6.07 Å². The zero-order chi connectivity index (χ0) is 24.3. The van der Waals surface area contributed by atoms with E-state index in [4.69, 9.17) is 21.1 Å². The molecular formula is C29H34ClNO4. The Balaban J connectivity index is 1.28. The molecule has 0 unspecified atom stereocenters. The van der Waals surface area contributed by atoms with Crippen molar-refractivity contribution in [2.75, 3.05) is 32.9 Å². The van der Waals surface area contributed by atoms with Gasteiger partial charge in [0, 0.05) is 30.4 Å². The van der Waals surface area contributed by atoms with E-state index < -0.39 is 5.60 Å². The third-order valence-electron chi connectivity index (χ3n) is 8.27. The zero-order valence-electron chi connectivity index (χ0n) is 20.1. The molecule has 2 fully saturated rings. The van der Waals surface area contributed by atoms with E-state index in [-0.39, 0.29) is 11.3 Å². The van der Waals surface area contributed by atoms with Crippen LogP contribution in [0.1, 0.15) is 48.8 Å². The highest BCUT2D eigenvalue weighted by Crippen LogP contribution is 2.54. The van der Waals surface area contributed by atoms with Gasteiger partial charge in [-0.05, 0) is 97.0 Å². The minimum atomic E-state index is -1.03. The summed E-state index contributed by atoms with van der Waals surface area (Å²) in [5.74, 6) is 4.33. The highest BCUT2D eigenvalue weighted by atomic mass is 35.5. The molecule has 2 aromatic carbocycles. The molecule has 1 saturated carbocycles. The van der Waals surface area contributed by atoms with Crippen LogP contribution < -0.4 is 4.74 Å². The van der Waals surface area contributed by atoms with Gasteiger partial charge >= 0.3 is 0 Å². The Bertz CT molecular complexity index is 1090. The van der Waals surface area contributed by atoms with Crippen LogP contribution in [0.5, 0.6) is 11.5 Å². The largest absolute Gasteiger partial charge is 0.508 e. The first-order valence-electron chi connectivity index (χ1n) is 12.7. The summed E-state index contributed by atoms with van der Waals surface area (Å²) in [5.41, 5.74) is 2.66. The lowest BCUT2D eigenvalue weighted by molar-refractivity contribution is -0.0142. The monoisotopic (exact) mass is 495 g/mol. The van der Waals surface area contributed by atoms with Gasteiger partial charge in [0.15, 0.2) is 0 Å².